The van der Waals surface area contributed by atoms with Crippen molar-refractivity contribution in [3.8, 4) is 0 Å². The van der Waals surface area contributed by atoms with E-state index in [1.54, 1.807) is 4.90 Å². The second kappa shape index (κ2) is 5.59. The van der Waals surface area contributed by atoms with E-state index >= 15 is 0 Å². The summed E-state index contributed by atoms with van der Waals surface area (Å²) in [7, 11) is 0. The maximum absolute atomic E-state index is 12.3. The van der Waals surface area contributed by atoms with Crippen molar-refractivity contribution in [2.75, 3.05) is 18.1 Å². The molecule has 0 N–H and O–H groups in total. The smallest absolute Gasteiger partial charge is 0.249 e. The van der Waals surface area contributed by atoms with Crippen LogP contribution in [0.15, 0.2) is 12.3 Å². The average Bonchev–Trinajstić information content (AvgIpc) is 3.14. The van der Waals surface area contributed by atoms with E-state index in [1.807, 2.05) is 12.3 Å². The number of rotatable bonds is 2. The number of anilines is 1. The zero-order chi connectivity index (χ0) is 12.8. The predicted octanol–water partition coefficient (Wildman–Crippen LogP) is 1.90. The van der Waals surface area contributed by atoms with Gasteiger partial charge < -0.3 is 14.6 Å². The van der Waals surface area contributed by atoms with Crippen molar-refractivity contribution in [1.29, 1.82) is 0 Å². The maximum atomic E-state index is 12.3. The third-order valence-electron chi connectivity index (χ3n) is 3.63. The first kappa shape index (κ1) is 15.1. The first-order valence-corrected chi connectivity index (χ1v) is 6.46. The standard InChI is InChI=1S/C14H17N2O2.Y/c1-10(2)11-3-4-12(15-9-11)16-7-8-18-14(5-6-14)13(16)17;/h4,9-10H,5-8H2,1-2H3;/q-1;. The van der Waals surface area contributed by atoms with E-state index in [0.29, 0.717) is 24.9 Å². The molecule has 2 heterocycles. The fourth-order valence-corrected chi connectivity index (χ4v) is 2.25. The van der Waals surface area contributed by atoms with Crippen molar-refractivity contribution in [3.05, 3.63) is 23.9 Å². The minimum absolute atomic E-state index is 0. The number of hydrogen-bond acceptors (Lipinski definition) is 3. The van der Waals surface area contributed by atoms with Crippen molar-refractivity contribution in [2.45, 2.75) is 38.2 Å². The molecule has 4 nitrogen and oxygen atoms in total. The van der Waals surface area contributed by atoms with E-state index in [0.717, 1.165) is 18.4 Å². The summed E-state index contributed by atoms with van der Waals surface area (Å²) in [6, 6.07) is 5.02. The van der Waals surface area contributed by atoms with Gasteiger partial charge in [-0.3, -0.25) is 4.79 Å². The number of pyridine rings is 1. The number of nitrogens with zero attached hydrogens (tertiary/aromatic N) is 2. The third-order valence-corrected chi connectivity index (χ3v) is 3.63. The molecule has 1 aromatic heterocycles. The van der Waals surface area contributed by atoms with Gasteiger partial charge in [-0.05, 0) is 18.8 Å². The zero-order valence-corrected chi connectivity index (χ0v) is 14.2. The molecule has 1 aliphatic carbocycles. The zero-order valence-electron chi connectivity index (χ0n) is 11.3. The Bertz CT molecular complexity index is 469. The Balaban J connectivity index is 0.00000133. The minimum atomic E-state index is -0.517. The Labute approximate surface area is 138 Å². The SMILES string of the molecule is CC(C)c1[c-]cc(N2CCOC3(CC3)C2=O)nc1.[Y]. The molecule has 1 saturated carbocycles. The molecule has 1 spiro atoms. The molecular weight excluding hydrogens is 317 g/mol. The van der Waals surface area contributed by atoms with Gasteiger partial charge in [0.2, 0.25) is 5.91 Å². The van der Waals surface area contributed by atoms with Crippen LogP contribution in [0.4, 0.5) is 5.82 Å². The second-order valence-corrected chi connectivity index (χ2v) is 5.31. The van der Waals surface area contributed by atoms with E-state index in [9.17, 15) is 4.79 Å². The number of hydrogen-bond donors (Lipinski definition) is 0. The van der Waals surface area contributed by atoms with Crippen LogP contribution in [0.1, 0.15) is 38.2 Å². The predicted molar refractivity (Wildman–Crippen MR) is 67.4 cm³/mol. The van der Waals surface area contributed by atoms with E-state index in [-0.39, 0.29) is 38.6 Å². The molecule has 1 aromatic rings. The van der Waals surface area contributed by atoms with Crippen LogP contribution in [0, 0.1) is 6.07 Å². The number of carbonyl (C=O) groups excluding carboxylic acids is 1. The summed E-state index contributed by atoms with van der Waals surface area (Å²) >= 11 is 0. The minimum Gasteiger partial charge on any atom is -0.367 e. The van der Waals surface area contributed by atoms with Crippen LogP contribution in [0.25, 0.3) is 0 Å². The van der Waals surface area contributed by atoms with Gasteiger partial charge in [0.1, 0.15) is 5.60 Å². The van der Waals surface area contributed by atoms with Crippen molar-refractivity contribution >= 4 is 11.7 Å². The molecule has 2 aliphatic rings. The van der Waals surface area contributed by atoms with Crippen molar-refractivity contribution in [3.63, 3.8) is 0 Å². The molecular formula is C14H17N2O2Y-. The van der Waals surface area contributed by atoms with Crippen molar-refractivity contribution in [2.24, 2.45) is 0 Å². The van der Waals surface area contributed by atoms with Crippen LogP contribution >= 0.6 is 0 Å². The van der Waals surface area contributed by atoms with E-state index in [1.165, 1.54) is 0 Å². The molecule has 99 valence electrons. The first-order valence-electron chi connectivity index (χ1n) is 6.46. The summed E-state index contributed by atoms with van der Waals surface area (Å²) in [6.07, 6.45) is 3.49. The molecule has 1 aliphatic heterocycles. The molecule has 1 saturated heterocycles. The summed E-state index contributed by atoms with van der Waals surface area (Å²) in [5.74, 6) is 1.16. The van der Waals surface area contributed by atoms with E-state index in [4.69, 9.17) is 4.74 Å². The van der Waals surface area contributed by atoms with Gasteiger partial charge in [0.05, 0.1) is 6.61 Å². The van der Waals surface area contributed by atoms with Crippen LogP contribution < -0.4 is 4.90 Å². The Kier molecular flexibility index (Phi) is 4.43. The average molecular weight is 334 g/mol. The molecule has 0 unspecified atom stereocenters. The molecule has 0 atom stereocenters. The van der Waals surface area contributed by atoms with Gasteiger partial charge in [-0.2, -0.15) is 6.07 Å². The molecule has 5 heteroatoms. The molecule has 19 heavy (non-hydrogen) atoms. The molecule has 1 amide bonds. The van der Waals surface area contributed by atoms with Crippen LogP contribution in [0.3, 0.4) is 0 Å². The fourth-order valence-electron chi connectivity index (χ4n) is 2.25. The number of morpholine rings is 1. The molecule has 1 radical (unpaired) electrons. The molecule has 0 aromatic carbocycles. The first-order chi connectivity index (χ1) is 8.62. The van der Waals surface area contributed by atoms with Gasteiger partial charge in [-0.1, -0.05) is 20.0 Å². The van der Waals surface area contributed by atoms with Gasteiger partial charge in [0.15, 0.2) is 0 Å². The van der Waals surface area contributed by atoms with E-state index < -0.39 is 5.60 Å². The van der Waals surface area contributed by atoms with Crippen LogP contribution in [0.2, 0.25) is 0 Å². The second-order valence-electron chi connectivity index (χ2n) is 5.31. The van der Waals surface area contributed by atoms with Crippen LogP contribution in [0.5, 0.6) is 0 Å². The molecule has 2 fully saturated rings. The van der Waals surface area contributed by atoms with Crippen LogP contribution in [-0.4, -0.2) is 29.6 Å². The van der Waals surface area contributed by atoms with E-state index in [2.05, 4.69) is 24.9 Å². The monoisotopic (exact) mass is 334 g/mol. The topological polar surface area (TPSA) is 42.4 Å². The van der Waals surface area contributed by atoms with Crippen molar-refractivity contribution < 1.29 is 42.2 Å². The van der Waals surface area contributed by atoms with Crippen molar-refractivity contribution in [1.82, 2.24) is 4.98 Å². The number of ether oxygens (including phenoxy) is 1. The van der Waals surface area contributed by atoms with Gasteiger partial charge in [0, 0.05) is 45.1 Å². The number of aromatic nitrogens is 1. The molecule has 0 bridgehead atoms. The largest absolute Gasteiger partial charge is 0.367 e. The van der Waals surface area contributed by atoms with Gasteiger partial charge in [0.25, 0.3) is 0 Å². The Morgan fingerprint density at radius 1 is 1.47 bits per heavy atom. The van der Waals surface area contributed by atoms with Gasteiger partial charge in [-0.15, -0.1) is 11.6 Å². The summed E-state index contributed by atoms with van der Waals surface area (Å²) in [4.78, 5) is 18.4. The quantitative estimate of drug-likeness (QED) is 0.776. The summed E-state index contributed by atoms with van der Waals surface area (Å²) in [5.41, 5.74) is 0.553. The number of amides is 1. The molecule has 3 rings (SSSR count). The Hall–Kier alpha value is -0.316. The normalized spacial score (nSPS) is 20.6. The summed E-state index contributed by atoms with van der Waals surface area (Å²) < 4.78 is 5.57. The Morgan fingerprint density at radius 3 is 2.74 bits per heavy atom. The van der Waals surface area contributed by atoms with Gasteiger partial charge in [-0.25, -0.2) is 0 Å². The van der Waals surface area contributed by atoms with Gasteiger partial charge >= 0.3 is 0 Å². The van der Waals surface area contributed by atoms with Crippen LogP contribution in [-0.2, 0) is 42.2 Å². The third kappa shape index (κ3) is 2.76. The maximum Gasteiger partial charge on any atom is 0.249 e. The summed E-state index contributed by atoms with van der Waals surface area (Å²) in [6.45, 7) is 5.39. The Morgan fingerprint density at radius 2 is 2.21 bits per heavy atom. The fraction of sp³-hybridized carbons (Fsp3) is 0.571. The summed E-state index contributed by atoms with van der Waals surface area (Å²) in [5, 5.41) is 0. The number of carbonyl (C=O) groups is 1.